The molecule has 3 heteroatoms. The second-order valence-corrected chi connectivity index (χ2v) is 5.89. The topological polar surface area (TPSA) is 12.0 Å². The van der Waals surface area contributed by atoms with E-state index in [9.17, 15) is 0 Å². The Morgan fingerprint density at radius 1 is 1.11 bits per heavy atom. The Morgan fingerprint density at radius 2 is 1.84 bits per heavy atom. The van der Waals surface area contributed by atoms with E-state index in [1.165, 1.54) is 38.5 Å². The Hall–Kier alpha value is -0.240. The van der Waals surface area contributed by atoms with Crippen LogP contribution in [0.3, 0.4) is 0 Å². The number of likely N-dealkylation sites (N-methyl/N-ethyl adjacent to an activating group) is 1. The molecule has 0 fully saturated rings. The largest absolute Gasteiger partial charge is 0.317 e. The minimum absolute atomic E-state index is 0.484. The predicted molar refractivity (Wildman–Crippen MR) is 86.4 cm³/mol. The average Bonchev–Trinajstić information content (AvgIpc) is 2.42. The molecule has 19 heavy (non-hydrogen) atoms. The van der Waals surface area contributed by atoms with Gasteiger partial charge < -0.3 is 5.32 Å². The Morgan fingerprint density at radius 3 is 2.53 bits per heavy atom. The van der Waals surface area contributed by atoms with Gasteiger partial charge in [-0.3, -0.25) is 0 Å². The number of hydrogen-bond acceptors (Lipinski definition) is 1. The van der Waals surface area contributed by atoms with Gasteiger partial charge in [-0.25, -0.2) is 0 Å². The molecule has 0 saturated heterocycles. The summed E-state index contributed by atoms with van der Waals surface area (Å²) >= 11 is 12.3. The summed E-state index contributed by atoms with van der Waals surface area (Å²) in [6.07, 6.45) is 8.76. The standard InChI is InChI=1S/C16H25Cl2N/c1-3-4-5-6-7-10-14(19-2)12-13-9-8-11-15(17)16(13)18/h8-9,11,14,19H,3-7,10,12H2,1-2H3. The van der Waals surface area contributed by atoms with Crippen molar-refractivity contribution in [2.24, 2.45) is 0 Å². The van der Waals surface area contributed by atoms with Gasteiger partial charge in [-0.15, -0.1) is 0 Å². The summed E-state index contributed by atoms with van der Waals surface area (Å²) < 4.78 is 0. The normalized spacial score (nSPS) is 12.6. The van der Waals surface area contributed by atoms with Crippen molar-refractivity contribution in [2.75, 3.05) is 7.05 Å². The Labute approximate surface area is 127 Å². The summed E-state index contributed by atoms with van der Waals surface area (Å²) in [5.41, 5.74) is 1.14. The molecule has 1 atom stereocenters. The van der Waals surface area contributed by atoms with E-state index < -0.39 is 0 Å². The molecule has 0 amide bonds. The van der Waals surface area contributed by atoms with Crippen LogP contribution in [0.4, 0.5) is 0 Å². The van der Waals surface area contributed by atoms with Gasteiger partial charge in [0.15, 0.2) is 0 Å². The van der Waals surface area contributed by atoms with E-state index in [-0.39, 0.29) is 0 Å². The molecule has 1 N–H and O–H groups in total. The zero-order valence-corrected chi connectivity index (χ0v) is 13.5. The maximum Gasteiger partial charge on any atom is 0.0624 e. The Balaban J connectivity index is 2.41. The first kappa shape index (κ1) is 16.8. The zero-order valence-electron chi connectivity index (χ0n) is 12.0. The molecule has 0 aliphatic carbocycles. The van der Waals surface area contributed by atoms with Crippen LogP contribution in [0.2, 0.25) is 10.0 Å². The van der Waals surface area contributed by atoms with E-state index in [0.29, 0.717) is 16.1 Å². The summed E-state index contributed by atoms with van der Waals surface area (Å²) in [7, 11) is 2.02. The van der Waals surface area contributed by atoms with Crippen LogP contribution in [-0.4, -0.2) is 13.1 Å². The quantitative estimate of drug-likeness (QED) is 0.595. The van der Waals surface area contributed by atoms with Gasteiger partial charge in [-0.1, -0.05) is 74.4 Å². The third-order valence-corrected chi connectivity index (χ3v) is 4.42. The SMILES string of the molecule is CCCCCCCC(Cc1cccc(Cl)c1Cl)NC. The Kier molecular flexibility index (Phi) is 8.52. The van der Waals surface area contributed by atoms with Gasteiger partial charge in [0, 0.05) is 6.04 Å². The second-order valence-electron chi connectivity index (χ2n) is 5.11. The van der Waals surface area contributed by atoms with Crippen molar-refractivity contribution in [1.82, 2.24) is 5.32 Å². The van der Waals surface area contributed by atoms with Crippen LogP contribution in [0.25, 0.3) is 0 Å². The third-order valence-electron chi connectivity index (χ3n) is 3.56. The van der Waals surface area contributed by atoms with E-state index in [4.69, 9.17) is 23.2 Å². The van der Waals surface area contributed by atoms with Crippen molar-refractivity contribution in [3.05, 3.63) is 33.8 Å². The maximum atomic E-state index is 6.24. The molecule has 108 valence electrons. The second kappa shape index (κ2) is 9.63. The molecule has 1 unspecified atom stereocenters. The van der Waals surface area contributed by atoms with Crippen LogP contribution in [0, 0.1) is 0 Å². The van der Waals surface area contributed by atoms with Crippen molar-refractivity contribution in [2.45, 2.75) is 57.9 Å². The molecule has 0 radical (unpaired) electrons. The van der Waals surface area contributed by atoms with Crippen molar-refractivity contribution in [3.63, 3.8) is 0 Å². The zero-order chi connectivity index (χ0) is 14.1. The Bertz CT molecular complexity index is 366. The molecule has 0 saturated carbocycles. The number of hydrogen-bond donors (Lipinski definition) is 1. The molecule has 0 aromatic heterocycles. The fourth-order valence-corrected chi connectivity index (χ4v) is 2.71. The van der Waals surface area contributed by atoms with Crippen LogP contribution in [0.1, 0.15) is 51.0 Å². The lowest BCUT2D eigenvalue weighted by Crippen LogP contribution is -2.27. The van der Waals surface area contributed by atoms with E-state index in [2.05, 4.69) is 18.3 Å². The van der Waals surface area contributed by atoms with Gasteiger partial charge in [-0.05, 0) is 31.5 Å². The van der Waals surface area contributed by atoms with E-state index in [1.54, 1.807) is 0 Å². The molecule has 0 aliphatic rings. The highest BCUT2D eigenvalue weighted by Gasteiger charge is 2.11. The van der Waals surface area contributed by atoms with Gasteiger partial charge in [0.05, 0.1) is 10.0 Å². The van der Waals surface area contributed by atoms with Gasteiger partial charge in [0.2, 0.25) is 0 Å². The first-order chi connectivity index (χ1) is 9.19. The molecule has 1 aromatic carbocycles. The summed E-state index contributed by atoms with van der Waals surface area (Å²) in [5, 5.41) is 4.74. The lowest BCUT2D eigenvalue weighted by Gasteiger charge is -2.17. The van der Waals surface area contributed by atoms with Crippen molar-refractivity contribution in [3.8, 4) is 0 Å². The van der Waals surface area contributed by atoms with E-state index >= 15 is 0 Å². The van der Waals surface area contributed by atoms with Crippen LogP contribution < -0.4 is 5.32 Å². The molecule has 1 aromatic rings. The number of nitrogens with one attached hydrogen (secondary N) is 1. The van der Waals surface area contributed by atoms with Gasteiger partial charge >= 0.3 is 0 Å². The fourth-order valence-electron chi connectivity index (χ4n) is 2.31. The highest BCUT2D eigenvalue weighted by Crippen LogP contribution is 2.27. The number of halogens is 2. The van der Waals surface area contributed by atoms with Crippen LogP contribution in [-0.2, 0) is 6.42 Å². The number of unbranched alkanes of at least 4 members (excludes halogenated alkanes) is 4. The van der Waals surface area contributed by atoms with Gasteiger partial charge in [0.25, 0.3) is 0 Å². The predicted octanol–water partition coefficient (Wildman–Crippen LogP) is 5.48. The molecule has 1 rings (SSSR count). The molecular weight excluding hydrogens is 277 g/mol. The highest BCUT2D eigenvalue weighted by atomic mass is 35.5. The summed E-state index contributed by atoms with van der Waals surface area (Å²) in [6, 6.07) is 6.36. The molecule has 0 bridgehead atoms. The monoisotopic (exact) mass is 301 g/mol. The van der Waals surface area contributed by atoms with Crippen LogP contribution >= 0.6 is 23.2 Å². The summed E-state index contributed by atoms with van der Waals surface area (Å²) in [6.45, 7) is 2.25. The third kappa shape index (κ3) is 6.16. The van der Waals surface area contributed by atoms with Crippen molar-refractivity contribution < 1.29 is 0 Å². The molecule has 0 aliphatic heterocycles. The molecule has 1 nitrogen and oxygen atoms in total. The summed E-state index contributed by atoms with van der Waals surface area (Å²) in [4.78, 5) is 0. The highest BCUT2D eigenvalue weighted by molar-refractivity contribution is 6.42. The molecule has 0 heterocycles. The minimum Gasteiger partial charge on any atom is -0.317 e. The van der Waals surface area contributed by atoms with Crippen LogP contribution in [0.15, 0.2) is 18.2 Å². The lowest BCUT2D eigenvalue weighted by molar-refractivity contribution is 0.482. The fraction of sp³-hybridized carbons (Fsp3) is 0.625. The van der Waals surface area contributed by atoms with E-state index in [0.717, 1.165) is 12.0 Å². The first-order valence-corrected chi connectivity index (χ1v) is 8.04. The number of benzene rings is 1. The molecular formula is C16H25Cl2N. The van der Waals surface area contributed by atoms with Gasteiger partial charge in [-0.2, -0.15) is 0 Å². The minimum atomic E-state index is 0.484. The summed E-state index contributed by atoms with van der Waals surface area (Å²) in [5.74, 6) is 0. The van der Waals surface area contributed by atoms with Gasteiger partial charge in [0.1, 0.15) is 0 Å². The van der Waals surface area contributed by atoms with Crippen LogP contribution in [0.5, 0.6) is 0 Å². The lowest BCUT2D eigenvalue weighted by atomic mass is 10.00. The van der Waals surface area contributed by atoms with Crippen molar-refractivity contribution >= 4 is 23.2 Å². The van der Waals surface area contributed by atoms with Crippen molar-refractivity contribution in [1.29, 1.82) is 0 Å². The molecule has 0 spiro atoms. The average molecular weight is 302 g/mol. The maximum absolute atomic E-state index is 6.24. The first-order valence-electron chi connectivity index (χ1n) is 7.29. The number of rotatable bonds is 9. The smallest absolute Gasteiger partial charge is 0.0624 e. The van der Waals surface area contributed by atoms with E-state index in [1.807, 2.05) is 19.2 Å².